The van der Waals surface area contributed by atoms with E-state index in [0.717, 1.165) is 44.9 Å². The van der Waals surface area contributed by atoms with Crippen molar-refractivity contribution in [1.29, 1.82) is 0 Å². The summed E-state index contributed by atoms with van der Waals surface area (Å²) in [6.07, 6.45) is 12.0. The first-order valence-corrected chi connectivity index (χ1v) is 13.2. The normalized spacial score (nSPS) is 40.4. The quantitative estimate of drug-likeness (QED) is 0.545. The van der Waals surface area contributed by atoms with Crippen LogP contribution in [0.5, 0.6) is 0 Å². The number of amides is 1. The van der Waals surface area contributed by atoms with Gasteiger partial charge in [0.15, 0.2) is 11.6 Å². The Hall–Kier alpha value is -1.40. The van der Waals surface area contributed by atoms with Crippen molar-refractivity contribution in [2.75, 3.05) is 13.2 Å². The SMILES string of the molecule is C[C@H]1CC[C@@H]2[C@@H](C[C@H]([C@@H]3C=CC(=O)[C@@H]4CCCC[C@@H]34)CC23OCCO3)N1C(=O)OC(C)(C)C. The van der Waals surface area contributed by atoms with Crippen LogP contribution in [0.1, 0.15) is 79.1 Å². The number of rotatable bonds is 1. The van der Waals surface area contributed by atoms with Gasteiger partial charge in [0, 0.05) is 30.3 Å². The Morgan fingerprint density at radius 2 is 1.85 bits per heavy atom. The Bertz CT molecular complexity index is 795. The van der Waals surface area contributed by atoms with Gasteiger partial charge >= 0.3 is 6.09 Å². The summed E-state index contributed by atoms with van der Waals surface area (Å²) in [4.78, 5) is 28.1. The predicted octanol–water partition coefficient (Wildman–Crippen LogP) is 5.11. The first-order valence-electron chi connectivity index (χ1n) is 13.2. The third kappa shape index (κ3) is 4.27. The van der Waals surface area contributed by atoms with E-state index < -0.39 is 11.4 Å². The third-order valence-electron chi connectivity index (χ3n) is 8.93. The minimum atomic E-state index is -0.618. The van der Waals surface area contributed by atoms with Crippen LogP contribution in [-0.2, 0) is 19.0 Å². The number of piperidine rings is 1. The van der Waals surface area contributed by atoms with Crippen LogP contribution in [0.25, 0.3) is 0 Å². The molecule has 1 spiro atoms. The molecule has 5 aliphatic rings. The Balaban J connectivity index is 1.47. The molecule has 2 heterocycles. The highest BCUT2D eigenvalue weighted by Gasteiger charge is 2.59. The molecule has 2 saturated heterocycles. The molecular formula is C27H41NO5. The zero-order valence-electron chi connectivity index (χ0n) is 20.8. The van der Waals surface area contributed by atoms with Gasteiger partial charge in [0.05, 0.1) is 13.2 Å². The lowest BCUT2D eigenvalue weighted by Crippen LogP contribution is -2.64. The molecule has 1 amide bonds. The number of hydrogen-bond acceptors (Lipinski definition) is 5. The van der Waals surface area contributed by atoms with Crippen molar-refractivity contribution < 1.29 is 23.8 Å². The van der Waals surface area contributed by atoms with E-state index in [1.807, 2.05) is 31.7 Å². The van der Waals surface area contributed by atoms with E-state index in [-0.39, 0.29) is 30.0 Å². The van der Waals surface area contributed by atoms with Gasteiger partial charge in [-0.25, -0.2) is 4.79 Å². The van der Waals surface area contributed by atoms with Crippen molar-refractivity contribution in [2.24, 2.45) is 29.6 Å². The van der Waals surface area contributed by atoms with Crippen molar-refractivity contribution in [2.45, 2.75) is 103 Å². The number of carbonyl (C=O) groups excluding carboxylic acids is 2. The minimum Gasteiger partial charge on any atom is -0.444 e. The van der Waals surface area contributed by atoms with E-state index in [2.05, 4.69) is 13.0 Å². The Morgan fingerprint density at radius 3 is 2.58 bits per heavy atom. The topological polar surface area (TPSA) is 65.1 Å². The van der Waals surface area contributed by atoms with Gasteiger partial charge in [-0.3, -0.25) is 4.79 Å². The predicted molar refractivity (Wildman–Crippen MR) is 124 cm³/mol. The standard InChI is InChI=1S/C27H41NO5/c1-17-9-11-22-23(28(17)25(30)33-26(2,3)4)15-18(16-27(22)31-13-14-32-27)19-10-12-24(29)21-8-6-5-7-20(19)21/h10,12,17-23H,5-9,11,13-16H2,1-4H3/t17-,18-,19-,20-,21+,22+,23+/m0/s1. The molecule has 3 aliphatic carbocycles. The van der Waals surface area contributed by atoms with Gasteiger partial charge in [0.2, 0.25) is 0 Å². The van der Waals surface area contributed by atoms with Crippen LogP contribution in [0.4, 0.5) is 4.79 Å². The monoisotopic (exact) mass is 459 g/mol. The summed E-state index contributed by atoms with van der Waals surface area (Å²) >= 11 is 0. The van der Waals surface area contributed by atoms with Crippen molar-refractivity contribution >= 4 is 11.9 Å². The van der Waals surface area contributed by atoms with Gasteiger partial charge in [0.1, 0.15) is 5.60 Å². The highest BCUT2D eigenvalue weighted by atomic mass is 16.7. The summed E-state index contributed by atoms with van der Waals surface area (Å²) < 4.78 is 18.7. The van der Waals surface area contributed by atoms with Gasteiger partial charge in [-0.2, -0.15) is 0 Å². The molecule has 33 heavy (non-hydrogen) atoms. The van der Waals surface area contributed by atoms with Gasteiger partial charge in [-0.1, -0.05) is 18.9 Å². The van der Waals surface area contributed by atoms with E-state index in [1.54, 1.807) is 0 Å². The average molecular weight is 460 g/mol. The lowest BCUT2D eigenvalue weighted by molar-refractivity contribution is -0.251. The zero-order valence-corrected chi connectivity index (χ0v) is 20.8. The highest BCUT2D eigenvalue weighted by Crippen LogP contribution is 2.54. The fraction of sp³-hybridized carbons (Fsp3) is 0.852. The summed E-state index contributed by atoms with van der Waals surface area (Å²) in [5, 5.41) is 0. The lowest BCUT2D eigenvalue weighted by Gasteiger charge is -2.56. The summed E-state index contributed by atoms with van der Waals surface area (Å²) in [6, 6.07) is 0.165. The smallest absolute Gasteiger partial charge is 0.410 e. The largest absolute Gasteiger partial charge is 0.444 e. The second kappa shape index (κ2) is 8.67. The maximum Gasteiger partial charge on any atom is 0.410 e. The molecule has 6 heteroatoms. The fourth-order valence-corrected chi connectivity index (χ4v) is 7.65. The summed E-state index contributed by atoms with van der Waals surface area (Å²) in [7, 11) is 0. The Morgan fingerprint density at radius 1 is 1.12 bits per heavy atom. The molecule has 6 nitrogen and oxygen atoms in total. The van der Waals surface area contributed by atoms with Crippen molar-refractivity contribution in [1.82, 2.24) is 4.90 Å². The van der Waals surface area contributed by atoms with Crippen LogP contribution in [0.2, 0.25) is 0 Å². The second-order valence-electron chi connectivity index (χ2n) is 12.1. The molecule has 4 fully saturated rings. The van der Waals surface area contributed by atoms with Gasteiger partial charge < -0.3 is 19.1 Å². The van der Waals surface area contributed by atoms with E-state index in [4.69, 9.17) is 14.2 Å². The molecule has 2 aliphatic heterocycles. The summed E-state index contributed by atoms with van der Waals surface area (Å²) in [5.74, 6) is 1.11. The van der Waals surface area contributed by atoms with Crippen LogP contribution >= 0.6 is 0 Å². The number of ether oxygens (including phenoxy) is 3. The van der Waals surface area contributed by atoms with Crippen LogP contribution in [-0.4, -0.2) is 53.5 Å². The third-order valence-corrected chi connectivity index (χ3v) is 8.93. The number of hydrogen-bond donors (Lipinski definition) is 0. The number of fused-ring (bicyclic) bond motifs is 3. The van der Waals surface area contributed by atoms with Crippen LogP contribution in [0.3, 0.4) is 0 Å². The molecular weight excluding hydrogens is 418 g/mol. The number of allylic oxidation sites excluding steroid dienone is 2. The van der Waals surface area contributed by atoms with Crippen LogP contribution < -0.4 is 0 Å². The molecule has 5 rings (SSSR count). The average Bonchev–Trinajstić information content (AvgIpc) is 3.21. The molecule has 0 aromatic heterocycles. The summed E-state index contributed by atoms with van der Waals surface area (Å²) in [6.45, 7) is 9.16. The van der Waals surface area contributed by atoms with E-state index in [0.29, 0.717) is 36.8 Å². The number of carbonyl (C=O) groups is 2. The first kappa shape index (κ1) is 23.3. The second-order valence-corrected chi connectivity index (χ2v) is 12.1. The van der Waals surface area contributed by atoms with Gasteiger partial charge in [-0.15, -0.1) is 0 Å². The molecule has 184 valence electrons. The van der Waals surface area contributed by atoms with Gasteiger partial charge in [0.25, 0.3) is 0 Å². The maximum atomic E-state index is 13.4. The van der Waals surface area contributed by atoms with E-state index in [9.17, 15) is 9.59 Å². The molecule has 0 aromatic carbocycles. The van der Waals surface area contributed by atoms with E-state index >= 15 is 0 Å². The van der Waals surface area contributed by atoms with Crippen molar-refractivity contribution in [3.63, 3.8) is 0 Å². The van der Waals surface area contributed by atoms with Crippen molar-refractivity contribution in [3.8, 4) is 0 Å². The minimum absolute atomic E-state index is 0.0357. The fourth-order valence-electron chi connectivity index (χ4n) is 7.65. The number of ketones is 1. The molecule has 0 unspecified atom stereocenters. The molecule has 0 bridgehead atoms. The van der Waals surface area contributed by atoms with E-state index in [1.165, 1.54) is 6.42 Å². The first-order chi connectivity index (χ1) is 15.7. The Kier molecular flexibility index (Phi) is 6.14. The molecule has 0 aromatic rings. The molecule has 7 atom stereocenters. The highest BCUT2D eigenvalue weighted by molar-refractivity contribution is 5.93. The lowest BCUT2D eigenvalue weighted by atomic mass is 9.58. The van der Waals surface area contributed by atoms with Crippen LogP contribution in [0.15, 0.2) is 12.2 Å². The maximum absolute atomic E-state index is 13.4. The zero-order chi connectivity index (χ0) is 23.4. The van der Waals surface area contributed by atoms with Crippen molar-refractivity contribution in [3.05, 3.63) is 12.2 Å². The number of likely N-dealkylation sites (tertiary alicyclic amines) is 1. The van der Waals surface area contributed by atoms with Crippen LogP contribution in [0, 0.1) is 29.6 Å². The molecule has 0 N–H and O–H groups in total. The number of nitrogens with zero attached hydrogens (tertiary/aromatic N) is 1. The molecule has 2 saturated carbocycles. The van der Waals surface area contributed by atoms with Gasteiger partial charge in [-0.05, 0) is 83.6 Å². The molecule has 0 radical (unpaired) electrons. The Labute approximate surface area is 198 Å². The summed E-state index contributed by atoms with van der Waals surface area (Å²) in [5.41, 5.74) is -0.530.